The van der Waals surface area contributed by atoms with Gasteiger partial charge in [-0.15, -0.1) is 12.4 Å². The van der Waals surface area contributed by atoms with Crippen LogP contribution in [0.1, 0.15) is 12.0 Å². The minimum absolute atomic E-state index is 0. The molecule has 3 nitrogen and oxygen atoms in total. The molecular formula is C12H16ClNO2S. The van der Waals surface area contributed by atoms with E-state index < -0.39 is 9.84 Å². The Labute approximate surface area is 108 Å². The molecule has 0 saturated heterocycles. The molecule has 1 aromatic carbocycles. The first-order valence-corrected chi connectivity index (χ1v) is 7.17. The molecule has 0 atom stereocenters. The van der Waals surface area contributed by atoms with Crippen molar-refractivity contribution in [3.05, 3.63) is 35.9 Å². The number of halogens is 1. The highest BCUT2D eigenvalue weighted by Crippen LogP contribution is 2.26. The Morgan fingerprint density at radius 3 is 2.53 bits per heavy atom. The Hall–Kier alpha value is -0.840. The van der Waals surface area contributed by atoms with E-state index >= 15 is 0 Å². The Balaban J connectivity index is 0.00000144. The van der Waals surface area contributed by atoms with Crippen molar-refractivity contribution in [2.75, 3.05) is 19.3 Å². The van der Waals surface area contributed by atoms with Crippen molar-refractivity contribution < 1.29 is 8.42 Å². The van der Waals surface area contributed by atoms with Gasteiger partial charge in [0.15, 0.2) is 9.84 Å². The first kappa shape index (κ1) is 14.2. The van der Waals surface area contributed by atoms with Gasteiger partial charge in [0.05, 0.1) is 4.90 Å². The summed E-state index contributed by atoms with van der Waals surface area (Å²) in [6, 6.07) is 7.20. The Kier molecular flexibility index (Phi) is 4.74. The quantitative estimate of drug-likeness (QED) is 0.895. The molecule has 0 spiro atoms. The molecule has 0 fully saturated rings. The van der Waals surface area contributed by atoms with Crippen molar-refractivity contribution in [2.24, 2.45) is 0 Å². The number of sulfone groups is 1. The highest BCUT2D eigenvalue weighted by molar-refractivity contribution is 7.90. The van der Waals surface area contributed by atoms with Crippen molar-refractivity contribution in [3.63, 3.8) is 0 Å². The fraction of sp³-hybridized carbons (Fsp3) is 0.333. The Morgan fingerprint density at radius 1 is 1.24 bits per heavy atom. The van der Waals surface area contributed by atoms with Crippen LogP contribution >= 0.6 is 12.4 Å². The molecule has 0 amide bonds. The SMILES string of the molecule is CS(=O)(=O)c1ccccc1C1=CCNCC1.Cl. The zero-order valence-electron chi connectivity index (χ0n) is 9.64. The molecule has 0 aromatic heterocycles. The predicted molar refractivity (Wildman–Crippen MR) is 72.3 cm³/mol. The molecule has 1 aliphatic heterocycles. The third kappa shape index (κ3) is 3.31. The molecule has 1 aliphatic rings. The molecule has 5 heteroatoms. The van der Waals surface area contributed by atoms with E-state index in [4.69, 9.17) is 0 Å². The van der Waals surface area contributed by atoms with Crippen LogP contribution in [0.5, 0.6) is 0 Å². The standard InChI is InChI=1S/C12H15NO2S.ClH/c1-16(14,15)12-5-3-2-4-11(12)10-6-8-13-9-7-10;/h2-6,13H,7-9H2,1H3;1H. The molecular weight excluding hydrogens is 258 g/mol. The summed E-state index contributed by atoms with van der Waals surface area (Å²) in [5, 5.41) is 3.22. The number of hydrogen-bond donors (Lipinski definition) is 1. The van der Waals surface area contributed by atoms with Gasteiger partial charge < -0.3 is 5.32 Å². The van der Waals surface area contributed by atoms with Gasteiger partial charge in [-0.3, -0.25) is 0 Å². The Bertz CT molecular complexity index is 523. The van der Waals surface area contributed by atoms with Gasteiger partial charge in [0.1, 0.15) is 0 Å². The summed E-state index contributed by atoms with van der Waals surface area (Å²) in [7, 11) is -3.14. The molecule has 0 bridgehead atoms. The van der Waals surface area contributed by atoms with Gasteiger partial charge in [0.2, 0.25) is 0 Å². The van der Waals surface area contributed by atoms with E-state index in [1.54, 1.807) is 12.1 Å². The van der Waals surface area contributed by atoms with Gasteiger partial charge in [-0.2, -0.15) is 0 Å². The summed E-state index contributed by atoms with van der Waals surface area (Å²) in [6.07, 6.45) is 4.20. The van der Waals surface area contributed by atoms with Crippen molar-refractivity contribution in [1.29, 1.82) is 0 Å². The summed E-state index contributed by atoms with van der Waals surface area (Å²) in [5.74, 6) is 0. The van der Waals surface area contributed by atoms with Crippen LogP contribution in [0.4, 0.5) is 0 Å². The van der Waals surface area contributed by atoms with Gasteiger partial charge >= 0.3 is 0 Å². The maximum atomic E-state index is 11.7. The lowest BCUT2D eigenvalue weighted by Gasteiger charge is -2.16. The average molecular weight is 274 g/mol. The van der Waals surface area contributed by atoms with E-state index in [-0.39, 0.29) is 12.4 Å². The lowest BCUT2D eigenvalue weighted by Crippen LogP contribution is -2.20. The molecule has 1 aromatic rings. The molecule has 17 heavy (non-hydrogen) atoms. The van der Waals surface area contributed by atoms with Gasteiger partial charge in [0, 0.05) is 12.8 Å². The van der Waals surface area contributed by atoms with Crippen LogP contribution in [0.2, 0.25) is 0 Å². The van der Waals surface area contributed by atoms with Crippen LogP contribution in [-0.4, -0.2) is 27.8 Å². The molecule has 0 radical (unpaired) electrons. The minimum Gasteiger partial charge on any atom is -0.313 e. The van der Waals surface area contributed by atoms with E-state index in [1.807, 2.05) is 12.1 Å². The Morgan fingerprint density at radius 2 is 1.94 bits per heavy atom. The van der Waals surface area contributed by atoms with Crippen LogP contribution in [0.3, 0.4) is 0 Å². The van der Waals surface area contributed by atoms with Gasteiger partial charge in [-0.1, -0.05) is 24.3 Å². The van der Waals surface area contributed by atoms with Gasteiger partial charge in [-0.05, 0) is 30.2 Å². The summed E-state index contributed by atoms with van der Waals surface area (Å²) in [6.45, 7) is 1.72. The van der Waals surface area contributed by atoms with E-state index in [9.17, 15) is 8.42 Å². The van der Waals surface area contributed by atoms with Crippen LogP contribution in [0.15, 0.2) is 35.2 Å². The van der Waals surface area contributed by atoms with Crippen LogP contribution < -0.4 is 5.32 Å². The smallest absolute Gasteiger partial charge is 0.176 e. The second kappa shape index (κ2) is 5.67. The topological polar surface area (TPSA) is 46.2 Å². The van der Waals surface area contributed by atoms with Crippen LogP contribution in [-0.2, 0) is 9.84 Å². The maximum Gasteiger partial charge on any atom is 0.176 e. The van der Waals surface area contributed by atoms with Gasteiger partial charge in [0.25, 0.3) is 0 Å². The van der Waals surface area contributed by atoms with E-state index in [0.29, 0.717) is 4.90 Å². The molecule has 94 valence electrons. The number of rotatable bonds is 2. The van der Waals surface area contributed by atoms with E-state index in [0.717, 1.165) is 30.6 Å². The summed E-state index contributed by atoms with van der Waals surface area (Å²) in [5.41, 5.74) is 1.98. The predicted octanol–water partition coefficient (Wildman–Crippen LogP) is 1.89. The summed E-state index contributed by atoms with van der Waals surface area (Å²) < 4.78 is 23.3. The average Bonchev–Trinajstić information content (AvgIpc) is 2.29. The first-order chi connectivity index (χ1) is 7.59. The fourth-order valence-corrected chi connectivity index (χ4v) is 2.85. The third-order valence-electron chi connectivity index (χ3n) is 2.70. The lowest BCUT2D eigenvalue weighted by atomic mass is 10.0. The molecule has 0 aliphatic carbocycles. The second-order valence-electron chi connectivity index (χ2n) is 3.95. The number of nitrogens with one attached hydrogen (secondary N) is 1. The molecule has 2 rings (SSSR count). The van der Waals surface area contributed by atoms with Crippen molar-refractivity contribution >= 4 is 27.8 Å². The highest BCUT2D eigenvalue weighted by Gasteiger charge is 2.16. The molecule has 1 heterocycles. The molecule has 0 saturated carbocycles. The number of benzene rings is 1. The molecule has 1 N–H and O–H groups in total. The van der Waals surface area contributed by atoms with Crippen LogP contribution in [0, 0.1) is 0 Å². The number of hydrogen-bond acceptors (Lipinski definition) is 3. The largest absolute Gasteiger partial charge is 0.313 e. The first-order valence-electron chi connectivity index (χ1n) is 5.28. The zero-order chi connectivity index (χ0) is 11.6. The van der Waals surface area contributed by atoms with Crippen LogP contribution in [0.25, 0.3) is 5.57 Å². The van der Waals surface area contributed by atoms with Crippen molar-refractivity contribution in [2.45, 2.75) is 11.3 Å². The normalized spacial score (nSPS) is 15.9. The fourth-order valence-electron chi connectivity index (χ4n) is 1.92. The second-order valence-corrected chi connectivity index (χ2v) is 5.94. The molecule has 0 unspecified atom stereocenters. The summed E-state index contributed by atoms with van der Waals surface area (Å²) >= 11 is 0. The van der Waals surface area contributed by atoms with Crippen molar-refractivity contribution in [1.82, 2.24) is 5.32 Å². The summed E-state index contributed by atoms with van der Waals surface area (Å²) in [4.78, 5) is 0.433. The van der Waals surface area contributed by atoms with Gasteiger partial charge in [-0.25, -0.2) is 8.42 Å². The monoisotopic (exact) mass is 273 g/mol. The minimum atomic E-state index is -3.14. The lowest BCUT2D eigenvalue weighted by molar-refractivity contribution is 0.601. The maximum absolute atomic E-state index is 11.7. The van der Waals surface area contributed by atoms with E-state index in [2.05, 4.69) is 11.4 Å². The van der Waals surface area contributed by atoms with E-state index in [1.165, 1.54) is 6.26 Å². The third-order valence-corrected chi connectivity index (χ3v) is 3.85. The van der Waals surface area contributed by atoms with Crippen molar-refractivity contribution in [3.8, 4) is 0 Å². The zero-order valence-corrected chi connectivity index (χ0v) is 11.3. The highest BCUT2D eigenvalue weighted by atomic mass is 35.5.